The predicted octanol–water partition coefficient (Wildman–Crippen LogP) is 2.78. The number of rotatable bonds is 9. The van der Waals surface area contributed by atoms with Gasteiger partial charge in [-0.3, -0.25) is 9.29 Å². The van der Waals surface area contributed by atoms with Crippen LogP contribution in [0.1, 0.15) is 37.3 Å². The average Bonchev–Trinajstić information content (AvgIpc) is 3.18. The van der Waals surface area contributed by atoms with E-state index in [1.807, 2.05) is 0 Å². The monoisotopic (exact) mass is 508 g/mol. The van der Waals surface area contributed by atoms with Crippen LogP contribution in [0.3, 0.4) is 0 Å². The Morgan fingerprint density at radius 3 is 2.26 bits per heavy atom. The molecule has 1 N–H and O–H groups in total. The van der Waals surface area contributed by atoms with Crippen LogP contribution in [-0.2, 0) is 14.8 Å². The molecule has 0 amide bonds. The minimum absolute atomic E-state index is 0.0146. The van der Waals surface area contributed by atoms with Gasteiger partial charge < -0.3 is 14.2 Å². The molecule has 0 aliphatic carbocycles. The molecule has 11 nitrogen and oxygen atoms in total. The molecule has 13 heteroatoms. The summed E-state index contributed by atoms with van der Waals surface area (Å²) in [6, 6.07) is 5.27. The number of methoxy groups -OCH3 is 2. The lowest BCUT2D eigenvalue weighted by Gasteiger charge is -2.27. The topological polar surface area (TPSA) is 130 Å². The summed E-state index contributed by atoms with van der Waals surface area (Å²) >= 11 is 5.86. The molecule has 0 bridgehead atoms. The quantitative estimate of drug-likeness (QED) is 0.463. The summed E-state index contributed by atoms with van der Waals surface area (Å²) in [5.41, 5.74) is 0.485. The number of para-hydroxylation sites is 1. The van der Waals surface area contributed by atoms with Gasteiger partial charge in [-0.2, -0.15) is 0 Å². The Hall–Kier alpha value is -2.96. The third-order valence-corrected chi connectivity index (χ3v) is 7.84. The van der Waals surface area contributed by atoms with Crippen LogP contribution in [0.15, 0.2) is 30.6 Å². The number of halogens is 1. The third-order valence-electron chi connectivity index (χ3n) is 5.79. The molecule has 1 aliphatic rings. The summed E-state index contributed by atoms with van der Waals surface area (Å²) in [4.78, 5) is 8.32. The van der Waals surface area contributed by atoms with Crippen molar-refractivity contribution < 1.29 is 22.6 Å². The van der Waals surface area contributed by atoms with Crippen molar-refractivity contribution in [2.24, 2.45) is 0 Å². The van der Waals surface area contributed by atoms with E-state index in [2.05, 4.69) is 24.9 Å². The Labute approximate surface area is 202 Å². The van der Waals surface area contributed by atoms with Crippen molar-refractivity contribution in [2.45, 2.75) is 30.9 Å². The van der Waals surface area contributed by atoms with Crippen molar-refractivity contribution in [3.8, 4) is 17.2 Å². The van der Waals surface area contributed by atoms with Gasteiger partial charge in [0.15, 0.2) is 0 Å². The summed E-state index contributed by atoms with van der Waals surface area (Å²) in [7, 11) is -0.896. The highest BCUT2D eigenvalue weighted by molar-refractivity contribution is 7.93. The molecule has 182 valence electrons. The zero-order valence-corrected chi connectivity index (χ0v) is 20.7. The van der Waals surface area contributed by atoms with Crippen molar-refractivity contribution in [2.75, 3.05) is 32.2 Å². The van der Waals surface area contributed by atoms with Gasteiger partial charge in [-0.25, -0.2) is 18.4 Å². The molecule has 1 aliphatic heterocycles. The Morgan fingerprint density at radius 2 is 1.74 bits per heavy atom. The Kier molecular flexibility index (Phi) is 6.91. The molecule has 3 heterocycles. The predicted molar refractivity (Wildman–Crippen MR) is 125 cm³/mol. The summed E-state index contributed by atoms with van der Waals surface area (Å²) in [5.74, 6) is 1.27. The molecular formula is C21H25ClN6O5S. The number of hydrogen-bond acceptors (Lipinski definition) is 9. The number of aromatic nitrogens is 5. The molecule has 2 atom stereocenters. The largest absolute Gasteiger partial charge is 0.494 e. The summed E-state index contributed by atoms with van der Waals surface area (Å²) in [5, 5.41) is 7.92. The van der Waals surface area contributed by atoms with E-state index >= 15 is 0 Å². The molecule has 0 spiro atoms. The minimum atomic E-state index is -3.94. The first-order valence-electron chi connectivity index (χ1n) is 10.5. The first-order chi connectivity index (χ1) is 16.3. The highest BCUT2D eigenvalue weighted by Crippen LogP contribution is 2.38. The van der Waals surface area contributed by atoms with Crippen LogP contribution in [0.4, 0.5) is 5.95 Å². The second-order valence-electron chi connectivity index (χ2n) is 7.86. The maximum atomic E-state index is 13.4. The maximum absolute atomic E-state index is 13.4. The van der Waals surface area contributed by atoms with E-state index < -0.39 is 21.2 Å². The van der Waals surface area contributed by atoms with Crippen LogP contribution in [0.5, 0.6) is 11.5 Å². The summed E-state index contributed by atoms with van der Waals surface area (Å²) in [6.07, 6.45) is 2.87. The molecule has 34 heavy (non-hydrogen) atoms. The SMILES string of the molecule is COc1cccc(OC)c1-n1c(NS(=O)(=O)C(C)C(C)c2ncc(Cl)cn2)nnc1C1COC1. The van der Waals surface area contributed by atoms with Crippen LogP contribution in [-0.4, -0.2) is 65.8 Å². The average molecular weight is 509 g/mol. The summed E-state index contributed by atoms with van der Waals surface area (Å²) in [6.45, 7) is 4.21. The number of nitrogens with zero attached hydrogens (tertiary/aromatic N) is 5. The lowest BCUT2D eigenvalue weighted by atomic mass is 10.1. The summed E-state index contributed by atoms with van der Waals surface area (Å²) < 4.78 is 47.4. The number of sulfonamides is 1. The second kappa shape index (κ2) is 9.72. The Morgan fingerprint density at radius 1 is 1.12 bits per heavy atom. The lowest BCUT2D eigenvalue weighted by Crippen LogP contribution is -2.32. The smallest absolute Gasteiger partial charge is 0.243 e. The van der Waals surface area contributed by atoms with Gasteiger partial charge in [-0.1, -0.05) is 24.6 Å². The number of hydrogen-bond donors (Lipinski definition) is 1. The molecular weight excluding hydrogens is 484 g/mol. The second-order valence-corrected chi connectivity index (χ2v) is 10.3. The fourth-order valence-corrected chi connectivity index (χ4v) is 4.87. The van der Waals surface area contributed by atoms with E-state index in [0.29, 0.717) is 47.1 Å². The normalized spacial score (nSPS) is 15.9. The molecule has 4 rings (SSSR count). The number of nitrogens with one attached hydrogen (secondary N) is 1. The fourth-order valence-electron chi connectivity index (χ4n) is 3.54. The van der Waals surface area contributed by atoms with Crippen LogP contribution < -0.4 is 14.2 Å². The van der Waals surface area contributed by atoms with Gasteiger partial charge >= 0.3 is 0 Å². The third kappa shape index (κ3) is 4.52. The highest BCUT2D eigenvalue weighted by atomic mass is 35.5. The van der Waals surface area contributed by atoms with Gasteiger partial charge in [-0.05, 0) is 19.1 Å². The van der Waals surface area contributed by atoms with Gasteiger partial charge in [0.2, 0.25) is 16.0 Å². The van der Waals surface area contributed by atoms with E-state index in [-0.39, 0.29) is 11.9 Å². The van der Waals surface area contributed by atoms with Gasteiger partial charge in [0.05, 0.1) is 43.6 Å². The molecule has 0 radical (unpaired) electrons. The first-order valence-corrected chi connectivity index (χ1v) is 12.4. The lowest BCUT2D eigenvalue weighted by molar-refractivity contribution is 0.00415. The van der Waals surface area contributed by atoms with E-state index in [0.717, 1.165) is 0 Å². The van der Waals surface area contributed by atoms with Crippen molar-refractivity contribution in [3.63, 3.8) is 0 Å². The standard InChI is InChI=1S/C21H25ClN6O5S/c1-12(19-23-8-15(22)9-24-19)13(2)34(29,30)27-21-26-25-20(14-10-33-11-14)28(21)18-16(31-3)6-5-7-17(18)32-4/h5-9,12-14H,10-11H2,1-4H3,(H,26,27). The van der Waals surface area contributed by atoms with Gasteiger partial charge in [0.1, 0.15) is 28.8 Å². The zero-order chi connectivity index (χ0) is 24.5. The van der Waals surface area contributed by atoms with Crippen LogP contribution >= 0.6 is 11.6 Å². The molecule has 0 saturated carbocycles. The molecule has 1 fully saturated rings. The molecule has 1 aromatic carbocycles. The Bertz CT molecular complexity index is 1240. The fraction of sp³-hybridized carbons (Fsp3) is 0.429. The van der Waals surface area contributed by atoms with Gasteiger partial charge in [0.25, 0.3) is 0 Å². The highest BCUT2D eigenvalue weighted by Gasteiger charge is 2.34. The molecule has 3 aromatic rings. The van der Waals surface area contributed by atoms with E-state index in [4.69, 9.17) is 25.8 Å². The van der Waals surface area contributed by atoms with Crippen molar-refractivity contribution in [3.05, 3.63) is 47.3 Å². The van der Waals surface area contributed by atoms with Crippen molar-refractivity contribution in [1.82, 2.24) is 24.7 Å². The maximum Gasteiger partial charge on any atom is 0.243 e. The number of ether oxygens (including phenoxy) is 3. The number of benzene rings is 1. The van der Waals surface area contributed by atoms with Crippen molar-refractivity contribution in [1.29, 1.82) is 0 Å². The van der Waals surface area contributed by atoms with Crippen LogP contribution in [0.25, 0.3) is 5.69 Å². The van der Waals surface area contributed by atoms with E-state index in [9.17, 15) is 8.42 Å². The number of anilines is 1. The minimum Gasteiger partial charge on any atom is -0.494 e. The van der Waals surface area contributed by atoms with Crippen LogP contribution in [0, 0.1) is 0 Å². The van der Waals surface area contributed by atoms with Crippen molar-refractivity contribution >= 4 is 27.6 Å². The van der Waals surface area contributed by atoms with Gasteiger partial charge in [0, 0.05) is 18.3 Å². The zero-order valence-electron chi connectivity index (χ0n) is 19.1. The molecule has 2 unspecified atom stereocenters. The van der Waals surface area contributed by atoms with Gasteiger partial charge in [-0.15, -0.1) is 10.2 Å². The van der Waals surface area contributed by atoms with Crippen LogP contribution in [0.2, 0.25) is 5.02 Å². The first kappa shape index (κ1) is 24.2. The Balaban J connectivity index is 1.74. The molecule has 2 aromatic heterocycles. The van der Waals surface area contributed by atoms with E-state index in [1.54, 1.807) is 36.6 Å². The molecule has 1 saturated heterocycles. The van der Waals surface area contributed by atoms with E-state index in [1.165, 1.54) is 26.6 Å².